The number of benzene rings is 2. The van der Waals surface area contributed by atoms with Gasteiger partial charge in [-0.2, -0.15) is 0 Å². The van der Waals surface area contributed by atoms with E-state index < -0.39 is 0 Å². The third-order valence-corrected chi connectivity index (χ3v) is 6.04. The summed E-state index contributed by atoms with van der Waals surface area (Å²) in [5, 5.41) is 30.8. The Balaban J connectivity index is 1.99. The summed E-state index contributed by atoms with van der Waals surface area (Å²) in [4.78, 5) is 14.8. The molecule has 0 bridgehead atoms. The van der Waals surface area contributed by atoms with Crippen molar-refractivity contribution in [1.82, 2.24) is 4.90 Å². The lowest BCUT2D eigenvalue weighted by atomic mass is 9.89. The number of hydrogen-bond donors (Lipinski definition) is 3. The Morgan fingerprint density at radius 1 is 1.18 bits per heavy atom. The highest BCUT2D eigenvalue weighted by atomic mass is 79.9. The third kappa shape index (κ3) is 3.09. The van der Waals surface area contributed by atoms with Crippen LogP contribution in [0.25, 0.3) is 22.3 Å². The Labute approximate surface area is 169 Å². The van der Waals surface area contributed by atoms with Crippen molar-refractivity contribution in [1.29, 1.82) is 0 Å². The number of nitrogens with zero attached hydrogens (tertiary/aromatic N) is 1. The van der Waals surface area contributed by atoms with Crippen LogP contribution >= 0.6 is 15.9 Å². The molecule has 2 heterocycles. The maximum atomic E-state index is 12.8. The van der Waals surface area contributed by atoms with E-state index in [2.05, 4.69) is 15.9 Å². The maximum absolute atomic E-state index is 12.8. The molecule has 2 unspecified atom stereocenters. The lowest BCUT2D eigenvalue weighted by Gasteiger charge is -2.24. The number of aliphatic hydroxyl groups is 1. The molecule has 2 atom stereocenters. The number of halogens is 1. The molecule has 1 aliphatic rings. The molecule has 3 N–H and O–H groups in total. The molecule has 1 aliphatic heterocycles. The van der Waals surface area contributed by atoms with E-state index in [0.717, 1.165) is 11.0 Å². The van der Waals surface area contributed by atoms with E-state index in [0.29, 0.717) is 23.3 Å². The molecular weight excluding hydrogens is 426 g/mol. The van der Waals surface area contributed by atoms with E-state index in [1.54, 1.807) is 0 Å². The van der Waals surface area contributed by atoms with Crippen molar-refractivity contribution in [3.8, 4) is 22.8 Å². The molecule has 0 saturated carbocycles. The Kier molecular flexibility index (Phi) is 4.91. The van der Waals surface area contributed by atoms with Gasteiger partial charge in [0.25, 0.3) is 0 Å². The summed E-state index contributed by atoms with van der Waals surface area (Å²) in [5.41, 5.74) is 0.942. The molecule has 0 spiro atoms. The summed E-state index contributed by atoms with van der Waals surface area (Å²) < 4.78 is 6.96. The number of rotatable bonds is 3. The van der Waals surface area contributed by atoms with Crippen LogP contribution in [-0.2, 0) is 0 Å². The lowest BCUT2D eigenvalue weighted by Crippen LogP contribution is -2.32. The number of hydrogen-bond acceptors (Lipinski definition) is 6. The van der Waals surface area contributed by atoms with Crippen LogP contribution in [0.1, 0.15) is 17.9 Å². The van der Waals surface area contributed by atoms with Gasteiger partial charge in [-0.25, -0.2) is 0 Å². The van der Waals surface area contributed by atoms with Crippen LogP contribution in [0.3, 0.4) is 0 Å². The first-order chi connectivity index (χ1) is 13.4. The molecule has 4 rings (SSSR count). The lowest BCUT2D eigenvalue weighted by molar-refractivity contribution is 0.172. The smallest absolute Gasteiger partial charge is 0.197 e. The number of aromatic hydroxyl groups is 2. The van der Waals surface area contributed by atoms with Gasteiger partial charge in [-0.1, -0.05) is 28.1 Å². The fourth-order valence-electron chi connectivity index (χ4n) is 4.05. The molecular formula is C21H20BrNO5. The van der Waals surface area contributed by atoms with E-state index in [1.165, 1.54) is 12.1 Å². The van der Waals surface area contributed by atoms with Gasteiger partial charge in [0.15, 0.2) is 5.43 Å². The van der Waals surface area contributed by atoms with Crippen molar-refractivity contribution in [2.45, 2.75) is 18.4 Å². The summed E-state index contributed by atoms with van der Waals surface area (Å²) in [7, 11) is 1.91. The molecule has 0 aliphatic carbocycles. The van der Waals surface area contributed by atoms with Gasteiger partial charge >= 0.3 is 0 Å². The average molecular weight is 446 g/mol. The largest absolute Gasteiger partial charge is 0.507 e. The Morgan fingerprint density at radius 2 is 1.89 bits per heavy atom. The molecule has 1 aromatic heterocycles. The SMILES string of the molecule is CN1CCC(c2c(O)cc(O)c3c(=O)cc(-c4ccc(Br)cc4)oc23)C1CO. The number of phenolic OH excluding ortho intramolecular Hbond substituents is 2. The van der Waals surface area contributed by atoms with Crippen LogP contribution in [0.15, 0.2) is 50.1 Å². The molecule has 6 nitrogen and oxygen atoms in total. The molecule has 1 fully saturated rings. The monoisotopic (exact) mass is 445 g/mol. The normalized spacial score (nSPS) is 20.1. The predicted octanol–water partition coefficient (Wildman–Crippen LogP) is 3.41. The quantitative estimate of drug-likeness (QED) is 0.571. The maximum Gasteiger partial charge on any atom is 0.197 e. The van der Waals surface area contributed by atoms with Gasteiger partial charge in [0.1, 0.15) is 28.2 Å². The zero-order valence-corrected chi connectivity index (χ0v) is 16.8. The first-order valence-corrected chi connectivity index (χ1v) is 9.79. The summed E-state index contributed by atoms with van der Waals surface area (Å²) in [6.45, 7) is 0.661. The van der Waals surface area contributed by atoms with Gasteiger partial charge < -0.3 is 24.6 Å². The fourth-order valence-corrected chi connectivity index (χ4v) is 4.31. The van der Waals surface area contributed by atoms with Crippen LogP contribution in [-0.4, -0.2) is 46.5 Å². The second-order valence-corrected chi connectivity index (χ2v) is 8.06. The number of fused-ring (bicyclic) bond motifs is 1. The Morgan fingerprint density at radius 3 is 2.57 bits per heavy atom. The van der Waals surface area contributed by atoms with Crippen LogP contribution in [0.4, 0.5) is 0 Å². The van der Waals surface area contributed by atoms with Gasteiger partial charge in [-0.05, 0) is 32.1 Å². The standard InChI is InChI=1S/C21H20BrNO5/c1-23-7-6-13(14(23)10-24)19-15(25)8-16(26)20-17(27)9-18(28-21(19)20)11-2-4-12(22)5-3-11/h2-5,8-9,13-14,24-26H,6-7,10H2,1H3. The summed E-state index contributed by atoms with van der Waals surface area (Å²) in [5.74, 6) is -0.330. The highest BCUT2D eigenvalue weighted by Gasteiger charge is 2.36. The average Bonchev–Trinajstić information content (AvgIpc) is 3.01. The van der Waals surface area contributed by atoms with Gasteiger partial charge in [-0.3, -0.25) is 4.79 Å². The number of likely N-dealkylation sites (tertiary alicyclic amines) is 1. The van der Waals surface area contributed by atoms with Crippen LogP contribution < -0.4 is 5.43 Å². The van der Waals surface area contributed by atoms with E-state index in [-0.39, 0.29) is 46.5 Å². The first-order valence-electron chi connectivity index (χ1n) is 9.00. The second kappa shape index (κ2) is 7.24. The molecule has 0 radical (unpaired) electrons. The molecule has 3 aromatic rings. The summed E-state index contributed by atoms with van der Waals surface area (Å²) in [6.07, 6.45) is 0.696. The zero-order valence-electron chi connectivity index (χ0n) is 15.2. The van der Waals surface area contributed by atoms with E-state index in [4.69, 9.17) is 4.42 Å². The minimum absolute atomic E-state index is 0.0416. The summed E-state index contributed by atoms with van der Waals surface area (Å²) in [6, 6.07) is 9.63. The zero-order chi connectivity index (χ0) is 20.0. The number of aliphatic hydroxyl groups excluding tert-OH is 1. The van der Waals surface area contributed by atoms with Gasteiger partial charge in [0.05, 0.1) is 6.61 Å². The van der Waals surface area contributed by atoms with Crippen LogP contribution in [0, 0.1) is 0 Å². The van der Waals surface area contributed by atoms with Crippen molar-refractivity contribution < 1.29 is 19.7 Å². The minimum Gasteiger partial charge on any atom is -0.507 e. The first kappa shape index (κ1) is 19.0. The van der Waals surface area contributed by atoms with E-state index >= 15 is 0 Å². The van der Waals surface area contributed by atoms with Crippen LogP contribution in [0.5, 0.6) is 11.5 Å². The number of likely N-dealkylation sites (N-methyl/N-ethyl adjacent to an activating group) is 1. The minimum atomic E-state index is -0.384. The van der Waals surface area contributed by atoms with E-state index in [1.807, 2.05) is 36.2 Å². The predicted molar refractivity (Wildman–Crippen MR) is 110 cm³/mol. The highest BCUT2D eigenvalue weighted by Crippen LogP contribution is 2.44. The van der Waals surface area contributed by atoms with E-state index in [9.17, 15) is 20.1 Å². The highest BCUT2D eigenvalue weighted by molar-refractivity contribution is 9.10. The van der Waals surface area contributed by atoms with Crippen molar-refractivity contribution in [2.75, 3.05) is 20.2 Å². The fraction of sp³-hybridized carbons (Fsp3) is 0.286. The van der Waals surface area contributed by atoms with Gasteiger partial charge in [0, 0.05) is 39.7 Å². The van der Waals surface area contributed by atoms with Crippen molar-refractivity contribution >= 4 is 26.9 Å². The number of phenols is 2. The Hall–Kier alpha value is -2.35. The second-order valence-electron chi connectivity index (χ2n) is 7.14. The molecule has 28 heavy (non-hydrogen) atoms. The molecule has 2 aromatic carbocycles. The molecule has 1 saturated heterocycles. The van der Waals surface area contributed by atoms with Gasteiger partial charge in [-0.15, -0.1) is 0 Å². The third-order valence-electron chi connectivity index (χ3n) is 5.51. The van der Waals surface area contributed by atoms with Gasteiger partial charge in [0.2, 0.25) is 0 Å². The Bertz CT molecular complexity index is 1090. The topological polar surface area (TPSA) is 94.1 Å². The van der Waals surface area contributed by atoms with Crippen LogP contribution in [0.2, 0.25) is 0 Å². The van der Waals surface area contributed by atoms with Crippen molar-refractivity contribution in [3.05, 3.63) is 56.7 Å². The van der Waals surface area contributed by atoms with Crippen molar-refractivity contribution in [3.63, 3.8) is 0 Å². The molecule has 146 valence electrons. The molecule has 0 amide bonds. The molecule has 7 heteroatoms. The van der Waals surface area contributed by atoms with Crippen molar-refractivity contribution in [2.24, 2.45) is 0 Å². The summed E-state index contributed by atoms with van der Waals surface area (Å²) >= 11 is 3.38.